The number of rotatable bonds is 3. The van der Waals surface area contributed by atoms with Gasteiger partial charge in [0.15, 0.2) is 0 Å². The van der Waals surface area contributed by atoms with E-state index in [0.717, 1.165) is 24.6 Å². The van der Waals surface area contributed by atoms with E-state index in [0.29, 0.717) is 38.3 Å². The lowest BCUT2D eigenvalue weighted by Gasteiger charge is -2.38. The van der Waals surface area contributed by atoms with E-state index in [4.69, 9.17) is 11.6 Å². The van der Waals surface area contributed by atoms with Crippen molar-refractivity contribution in [2.45, 2.75) is 25.8 Å². The number of amides is 2. The molecule has 0 spiro atoms. The Hall–Kier alpha value is -2.44. The zero-order valence-electron chi connectivity index (χ0n) is 17.0. The summed E-state index contributed by atoms with van der Waals surface area (Å²) >= 11 is 6.03. The maximum Gasteiger partial charge on any atom is 0.255 e. The summed E-state index contributed by atoms with van der Waals surface area (Å²) in [4.78, 5) is 31.5. The van der Waals surface area contributed by atoms with Gasteiger partial charge in [0.2, 0.25) is 5.91 Å². The Bertz CT molecular complexity index is 959. The van der Waals surface area contributed by atoms with Gasteiger partial charge in [0.1, 0.15) is 5.82 Å². The van der Waals surface area contributed by atoms with Crippen LogP contribution >= 0.6 is 11.6 Å². The van der Waals surface area contributed by atoms with Crippen LogP contribution in [-0.2, 0) is 11.2 Å². The molecule has 5 nitrogen and oxygen atoms in total. The van der Waals surface area contributed by atoms with Gasteiger partial charge in [-0.3, -0.25) is 14.5 Å². The van der Waals surface area contributed by atoms with E-state index in [1.165, 1.54) is 17.7 Å². The lowest BCUT2D eigenvalue weighted by Crippen LogP contribution is -2.53. The standard InChI is InChI=1S/C23H25ClFN3O2/c1-16-6-7-17-4-2-3-5-21(17)28(16)22(29)15-26-10-12-27(13-11-26)23(30)19-9-8-18(25)14-20(19)24/h2-5,8-9,14,16H,6-7,10-13,15H2,1H3. The Labute approximate surface area is 181 Å². The van der Waals surface area contributed by atoms with Gasteiger partial charge in [-0.05, 0) is 49.6 Å². The van der Waals surface area contributed by atoms with Crippen molar-refractivity contribution in [3.8, 4) is 0 Å². The van der Waals surface area contributed by atoms with Crippen molar-refractivity contribution in [3.05, 3.63) is 64.4 Å². The first kappa shape index (κ1) is 20.8. The number of benzene rings is 2. The maximum absolute atomic E-state index is 13.2. The van der Waals surface area contributed by atoms with Gasteiger partial charge in [0.05, 0.1) is 17.1 Å². The Morgan fingerprint density at radius 3 is 2.57 bits per heavy atom. The largest absolute Gasteiger partial charge is 0.336 e. The smallest absolute Gasteiger partial charge is 0.255 e. The molecular weight excluding hydrogens is 405 g/mol. The lowest BCUT2D eigenvalue weighted by molar-refractivity contribution is -0.120. The van der Waals surface area contributed by atoms with Crippen molar-refractivity contribution in [3.63, 3.8) is 0 Å². The highest BCUT2D eigenvalue weighted by Gasteiger charge is 2.30. The molecule has 2 aliphatic heterocycles. The minimum atomic E-state index is -0.464. The minimum Gasteiger partial charge on any atom is -0.336 e. The maximum atomic E-state index is 13.2. The van der Waals surface area contributed by atoms with Gasteiger partial charge in [-0.15, -0.1) is 0 Å². The highest BCUT2D eigenvalue weighted by molar-refractivity contribution is 6.33. The van der Waals surface area contributed by atoms with Crippen molar-refractivity contribution in [1.29, 1.82) is 0 Å². The molecule has 1 saturated heterocycles. The number of carbonyl (C=O) groups excluding carboxylic acids is 2. The predicted molar refractivity (Wildman–Crippen MR) is 115 cm³/mol. The molecule has 30 heavy (non-hydrogen) atoms. The summed E-state index contributed by atoms with van der Waals surface area (Å²) in [6.07, 6.45) is 1.96. The molecule has 2 aromatic rings. The quantitative estimate of drug-likeness (QED) is 0.748. The molecule has 0 radical (unpaired) electrons. The number of para-hydroxylation sites is 1. The third-order valence-corrected chi connectivity index (χ3v) is 6.28. The molecule has 0 bridgehead atoms. The first-order valence-corrected chi connectivity index (χ1v) is 10.7. The van der Waals surface area contributed by atoms with E-state index in [9.17, 15) is 14.0 Å². The van der Waals surface area contributed by atoms with E-state index in [1.54, 1.807) is 4.90 Å². The van der Waals surface area contributed by atoms with Crippen LogP contribution in [0.4, 0.5) is 10.1 Å². The van der Waals surface area contributed by atoms with Crippen LogP contribution in [-0.4, -0.2) is 60.4 Å². The molecule has 158 valence electrons. The summed E-state index contributed by atoms with van der Waals surface area (Å²) in [5.74, 6) is -0.575. The number of nitrogens with zero attached hydrogens (tertiary/aromatic N) is 3. The molecule has 1 atom stereocenters. The summed E-state index contributed by atoms with van der Waals surface area (Å²) in [5.41, 5.74) is 2.54. The number of anilines is 1. The van der Waals surface area contributed by atoms with Crippen molar-refractivity contribution in [2.75, 3.05) is 37.6 Å². The van der Waals surface area contributed by atoms with Gasteiger partial charge < -0.3 is 9.80 Å². The zero-order chi connectivity index (χ0) is 21.3. The number of hydrogen-bond donors (Lipinski definition) is 0. The average molecular weight is 430 g/mol. The number of aryl methyl sites for hydroxylation is 1. The monoisotopic (exact) mass is 429 g/mol. The molecule has 2 aliphatic rings. The molecule has 1 unspecified atom stereocenters. The van der Waals surface area contributed by atoms with E-state index < -0.39 is 5.82 Å². The van der Waals surface area contributed by atoms with Crippen LogP contribution in [0.5, 0.6) is 0 Å². The molecule has 0 saturated carbocycles. The Kier molecular flexibility index (Phi) is 6.06. The van der Waals surface area contributed by atoms with Crippen LogP contribution in [0, 0.1) is 5.82 Å². The number of hydrogen-bond acceptors (Lipinski definition) is 3. The highest BCUT2D eigenvalue weighted by atomic mass is 35.5. The van der Waals surface area contributed by atoms with Crippen LogP contribution in [0.15, 0.2) is 42.5 Å². The number of fused-ring (bicyclic) bond motifs is 1. The third-order valence-electron chi connectivity index (χ3n) is 5.97. The van der Waals surface area contributed by atoms with E-state index in [2.05, 4.69) is 17.9 Å². The number of piperazine rings is 1. The van der Waals surface area contributed by atoms with E-state index in [-0.39, 0.29) is 22.9 Å². The van der Waals surface area contributed by atoms with Crippen LogP contribution in [0.25, 0.3) is 0 Å². The van der Waals surface area contributed by atoms with Crippen LogP contribution in [0.3, 0.4) is 0 Å². The topological polar surface area (TPSA) is 43.9 Å². The van der Waals surface area contributed by atoms with Gasteiger partial charge in [-0.2, -0.15) is 0 Å². The third kappa shape index (κ3) is 4.20. The van der Waals surface area contributed by atoms with E-state index in [1.807, 2.05) is 23.1 Å². The predicted octanol–water partition coefficient (Wildman–Crippen LogP) is 3.60. The molecule has 2 heterocycles. The Balaban J connectivity index is 1.37. The average Bonchev–Trinajstić information content (AvgIpc) is 2.73. The molecule has 4 rings (SSSR count). The van der Waals surface area contributed by atoms with Crippen molar-refractivity contribution in [2.24, 2.45) is 0 Å². The second-order valence-electron chi connectivity index (χ2n) is 7.97. The first-order chi connectivity index (χ1) is 14.4. The normalized spacial score (nSPS) is 19.5. The van der Waals surface area contributed by atoms with Crippen LogP contribution < -0.4 is 4.90 Å². The van der Waals surface area contributed by atoms with Crippen molar-refractivity contribution >= 4 is 29.1 Å². The lowest BCUT2D eigenvalue weighted by atomic mass is 9.96. The molecule has 0 aromatic heterocycles. The van der Waals surface area contributed by atoms with Crippen molar-refractivity contribution < 1.29 is 14.0 Å². The summed E-state index contributed by atoms with van der Waals surface area (Å²) in [5, 5.41) is 0.121. The molecule has 1 fully saturated rings. The van der Waals surface area contributed by atoms with Gasteiger partial charge in [-0.1, -0.05) is 29.8 Å². The summed E-state index contributed by atoms with van der Waals surface area (Å²) in [6.45, 7) is 4.66. The first-order valence-electron chi connectivity index (χ1n) is 10.3. The molecule has 2 amide bonds. The second-order valence-corrected chi connectivity index (χ2v) is 8.38. The fourth-order valence-electron chi connectivity index (χ4n) is 4.28. The molecule has 7 heteroatoms. The summed E-state index contributed by atoms with van der Waals surface area (Å²) in [6, 6.07) is 12.1. The summed E-state index contributed by atoms with van der Waals surface area (Å²) in [7, 11) is 0. The van der Waals surface area contributed by atoms with E-state index >= 15 is 0 Å². The van der Waals surface area contributed by atoms with Crippen LogP contribution in [0.1, 0.15) is 29.3 Å². The SMILES string of the molecule is CC1CCc2ccccc2N1C(=O)CN1CCN(C(=O)c2ccc(F)cc2Cl)CC1. The molecule has 2 aromatic carbocycles. The van der Waals surface area contributed by atoms with Gasteiger partial charge in [0, 0.05) is 37.9 Å². The van der Waals surface area contributed by atoms with Gasteiger partial charge in [0.25, 0.3) is 5.91 Å². The Morgan fingerprint density at radius 2 is 1.83 bits per heavy atom. The molecular formula is C23H25ClFN3O2. The zero-order valence-corrected chi connectivity index (χ0v) is 17.7. The van der Waals surface area contributed by atoms with Crippen LogP contribution in [0.2, 0.25) is 5.02 Å². The van der Waals surface area contributed by atoms with Crippen molar-refractivity contribution in [1.82, 2.24) is 9.80 Å². The minimum absolute atomic E-state index is 0.0935. The number of halogens is 2. The second kappa shape index (κ2) is 8.74. The number of carbonyl (C=O) groups is 2. The fourth-order valence-corrected chi connectivity index (χ4v) is 4.53. The summed E-state index contributed by atoms with van der Waals surface area (Å²) < 4.78 is 13.2. The van der Waals surface area contributed by atoms with Gasteiger partial charge in [-0.25, -0.2) is 4.39 Å². The molecule has 0 aliphatic carbocycles. The molecule has 0 N–H and O–H groups in total. The highest BCUT2D eigenvalue weighted by Crippen LogP contribution is 2.30. The fraction of sp³-hybridized carbons (Fsp3) is 0.391. The Morgan fingerprint density at radius 1 is 1.10 bits per heavy atom. The van der Waals surface area contributed by atoms with Gasteiger partial charge >= 0.3 is 0 Å².